The molecule has 0 atom stereocenters. The van der Waals surface area contributed by atoms with Gasteiger partial charge in [-0.05, 0) is 0 Å². The van der Waals surface area contributed by atoms with Gasteiger partial charge in [0.15, 0.2) is 0 Å². The first-order valence-electron chi connectivity index (χ1n) is 8.87. The van der Waals surface area contributed by atoms with Gasteiger partial charge in [-0.15, -0.1) is 0 Å². The molecule has 0 unspecified atom stereocenters. The van der Waals surface area contributed by atoms with E-state index >= 15 is 0 Å². The monoisotopic (exact) mass is 736 g/mol. The molecular formula is C13F24O6Si. The van der Waals surface area contributed by atoms with Gasteiger partial charge >= 0.3 is 86.6 Å². The Morgan fingerprint density at radius 2 is 0.636 bits per heavy atom. The minimum atomic E-state index is -9.95. The summed E-state index contributed by atoms with van der Waals surface area (Å²) in [5, 5.41) is 0. The van der Waals surface area contributed by atoms with Crippen molar-refractivity contribution in [2.24, 2.45) is 0 Å². The van der Waals surface area contributed by atoms with E-state index in [0.29, 0.717) is 0 Å². The first-order chi connectivity index (χ1) is 18.6. The third-order valence-corrected chi connectivity index (χ3v) is 6.49. The highest BCUT2D eigenvalue weighted by atomic mass is 28.4. The van der Waals surface area contributed by atoms with Gasteiger partial charge in [-0.1, -0.05) is 0 Å². The summed E-state index contributed by atoms with van der Waals surface area (Å²) in [4.78, 5) is 32.9. The second-order valence-corrected chi connectivity index (χ2v) is 9.51. The summed E-state index contributed by atoms with van der Waals surface area (Å²) in [6, 6.07) is 0. The van der Waals surface area contributed by atoms with E-state index in [0.717, 1.165) is 0 Å². The first kappa shape index (κ1) is 40.9. The van der Waals surface area contributed by atoms with Crippen molar-refractivity contribution in [3.8, 4) is 0 Å². The fourth-order valence-corrected chi connectivity index (χ4v) is 3.82. The Bertz CT molecular complexity index is 1080. The number of hydrogen-bond donors (Lipinski definition) is 0. The van der Waals surface area contributed by atoms with Gasteiger partial charge in [-0.3, -0.25) is 0 Å². The van der Waals surface area contributed by atoms with Gasteiger partial charge < -0.3 is 13.3 Å². The van der Waals surface area contributed by atoms with Crippen LogP contribution in [0.5, 0.6) is 0 Å². The lowest BCUT2D eigenvalue weighted by Gasteiger charge is -2.39. The molecule has 0 amide bonds. The first-order valence-corrected chi connectivity index (χ1v) is 10.6. The quantitative estimate of drug-likeness (QED) is 0.209. The van der Waals surface area contributed by atoms with Crippen molar-refractivity contribution in [1.82, 2.24) is 0 Å². The number of hydrogen-bond acceptors (Lipinski definition) is 6. The number of alkyl halides is 24. The van der Waals surface area contributed by atoms with Crippen LogP contribution < -0.4 is 0 Å². The summed E-state index contributed by atoms with van der Waals surface area (Å²) in [6.45, 7) is 0. The Hall–Kier alpha value is -3.05. The predicted molar refractivity (Wildman–Crippen MR) is 77.9 cm³/mol. The molecule has 0 heterocycles. The maximum atomic E-state index is 13.9. The number of rotatable bonds is 9. The van der Waals surface area contributed by atoms with Gasteiger partial charge in [0, 0.05) is 0 Å². The molecule has 31 heteroatoms. The average molecular weight is 736 g/mol. The van der Waals surface area contributed by atoms with Crippen molar-refractivity contribution >= 4 is 26.7 Å². The van der Waals surface area contributed by atoms with Crippen LogP contribution in [0.4, 0.5) is 105 Å². The molecule has 0 fully saturated rings. The molecule has 0 aromatic heterocycles. The average Bonchev–Trinajstić information content (AvgIpc) is 2.75. The highest BCUT2D eigenvalue weighted by Crippen LogP contribution is 2.60. The third-order valence-electron chi connectivity index (χ3n) is 4.07. The van der Waals surface area contributed by atoms with Gasteiger partial charge in [0.1, 0.15) is 0 Å². The van der Waals surface area contributed by atoms with Gasteiger partial charge in [0.2, 0.25) is 0 Å². The van der Waals surface area contributed by atoms with Gasteiger partial charge in [-0.25, -0.2) is 14.4 Å². The number of halogens is 24. The van der Waals surface area contributed by atoms with Crippen molar-refractivity contribution < 1.29 is 133 Å². The molecule has 260 valence electrons. The van der Waals surface area contributed by atoms with E-state index in [4.69, 9.17) is 0 Å². The normalized spacial score (nSPS) is 15.5. The van der Waals surface area contributed by atoms with Crippen LogP contribution in [-0.4, -0.2) is 86.6 Å². The Morgan fingerprint density at radius 1 is 0.364 bits per heavy atom. The Kier molecular flexibility index (Phi) is 10.0. The molecule has 44 heavy (non-hydrogen) atoms. The zero-order valence-corrected chi connectivity index (χ0v) is 19.5. The molecule has 0 bridgehead atoms. The summed E-state index contributed by atoms with van der Waals surface area (Å²) >= 11 is 0. The highest BCUT2D eigenvalue weighted by Gasteiger charge is 2.93. The van der Waals surface area contributed by atoms with Crippen molar-refractivity contribution in [2.45, 2.75) is 59.9 Å². The smallest absolute Gasteiger partial charge is 0.447 e. The Labute approximate surface area is 221 Å². The van der Waals surface area contributed by atoms with Crippen LogP contribution in [0.15, 0.2) is 0 Å². The number of carbonyl (C=O) groups is 3. The Morgan fingerprint density at radius 3 is 0.886 bits per heavy atom. The molecule has 0 spiro atoms. The molecule has 0 aromatic rings. The molecule has 0 aliphatic rings. The van der Waals surface area contributed by atoms with Crippen LogP contribution in [0.2, 0.25) is 0 Å². The molecule has 0 radical (unpaired) electrons. The van der Waals surface area contributed by atoms with Gasteiger partial charge in [0.25, 0.3) is 0 Å². The number of carbonyl (C=O) groups excluding carboxylic acids is 3. The maximum Gasteiger partial charge on any atom is 0.790 e. The van der Waals surface area contributed by atoms with E-state index in [1.807, 2.05) is 13.3 Å². The molecule has 0 N–H and O–H groups in total. The van der Waals surface area contributed by atoms with E-state index in [-0.39, 0.29) is 0 Å². The lowest BCUT2D eigenvalue weighted by atomic mass is 9.94. The van der Waals surface area contributed by atoms with E-state index in [9.17, 15) is 120 Å². The molecule has 6 nitrogen and oxygen atoms in total. The molecule has 0 aliphatic heterocycles. The van der Waals surface area contributed by atoms with Crippen molar-refractivity contribution in [3.63, 3.8) is 0 Å². The topological polar surface area (TPSA) is 78.9 Å². The summed E-state index contributed by atoms with van der Waals surface area (Å²) in [7, 11) is -9.95. The third kappa shape index (κ3) is 6.49. The second kappa shape index (κ2) is 10.8. The SMILES string of the molecule is O=C(O[Si](OC(=O)C(F)(F)F)(OC(=O)C(F)(F)C(F)(F)C(F)(F)C(F)(F)C(F)(F)C(F)(F)F)C(F)(F)C(F)(F)F)C(F)(F)F. The fourth-order valence-electron chi connectivity index (χ4n) is 1.87. The molecule has 0 saturated carbocycles. The maximum absolute atomic E-state index is 13.9. The highest BCUT2D eigenvalue weighted by molar-refractivity contribution is 6.68. The van der Waals surface area contributed by atoms with Crippen molar-refractivity contribution in [1.29, 1.82) is 0 Å². The largest absolute Gasteiger partial charge is 0.790 e. The molecule has 0 saturated heterocycles. The summed E-state index contributed by atoms with van der Waals surface area (Å²) < 4.78 is 317. The molecule has 0 aliphatic carbocycles. The fraction of sp³-hybridized carbons (Fsp3) is 0.769. The predicted octanol–water partition coefficient (Wildman–Crippen LogP) is 6.16. The van der Waals surface area contributed by atoms with Gasteiger partial charge in [-0.2, -0.15) is 105 Å². The van der Waals surface area contributed by atoms with Crippen LogP contribution in [0.3, 0.4) is 0 Å². The summed E-state index contributed by atoms with van der Waals surface area (Å²) in [5.74, 6) is -59.5. The summed E-state index contributed by atoms with van der Waals surface area (Å²) in [6.07, 6.45) is -30.5. The lowest BCUT2D eigenvalue weighted by Crippen LogP contribution is -2.74. The van der Waals surface area contributed by atoms with Crippen molar-refractivity contribution in [2.75, 3.05) is 0 Å². The zero-order chi connectivity index (χ0) is 36.4. The lowest BCUT2D eigenvalue weighted by molar-refractivity contribution is -0.436. The minimum Gasteiger partial charge on any atom is -0.447 e. The van der Waals surface area contributed by atoms with E-state index in [1.165, 1.54) is 0 Å². The van der Waals surface area contributed by atoms with E-state index < -0.39 is 86.6 Å². The van der Waals surface area contributed by atoms with Crippen LogP contribution in [-0.2, 0) is 27.7 Å². The summed E-state index contributed by atoms with van der Waals surface area (Å²) in [5.41, 5.74) is -8.21. The molecule has 0 rings (SSSR count). The van der Waals surface area contributed by atoms with Crippen LogP contribution >= 0.6 is 0 Å². The van der Waals surface area contributed by atoms with Crippen LogP contribution in [0, 0.1) is 0 Å². The standard InChI is InChI=1S/C13F24O6Si/c14-4(15,7(22,23)8(24,25)9(26,27)10(28,29)11(30,31)32)1(38)41-44(13(36,37)12(33,34)35,42-2(39)5(16,17)18)43-3(40)6(19,20)21. The second-order valence-electron chi connectivity index (χ2n) is 7.16. The zero-order valence-electron chi connectivity index (χ0n) is 18.5. The van der Waals surface area contributed by atoms with Crippen LogP contribution in [0.25, 0.3) is 0 Å². The van der Waals surface area contributed by atoms with Crippen molar-refractivity contribution in [3.05, 3.63) is 0 Å². The van der Waals surface area contributed by atoms with E-state index in [1.54, 1.807) is 0 Å². The van der Waals surface area contributed by atoms with Crippen LogP contribution in [0.1, 0.15) is 0 Å². The molecule has 0 aromatic carbocycles. The Balaban J connectivity index is 7.59. The van der Waals surface area contributed by atoms with E-state index in [2.05, 4.69) is 0 Å². The van der Waals surface area contributed by atoms with Gasteiger partial charge in [0.05, 0.1) is 0 Å². The minimum absolute atomic E-state index is 1.90. The molecular weight excluding hydrogens is 736 g/mol.